The van der Waals surface area contributed by atoms with Gasteiger partial charge in [-0.3, -0.25) is 0 Å². The molecule has 1 aromatic rings. The highest BCUT2D eigenvalue weighted by Crippen LogP contribution is 2.55. The molecule has 1 unspecified atom stereocenters. The highest BCUT2D eigenvalue weighted by Gasteiger charge is 2.69. The number of alkyl halides is 3. The van der Waals surface area contributed by atoms with Crippen molar-refractivity contribution in [3.63, 3.8) is 0 Å². The van der Waals surface area contributed by atoms with Crippen LogP contribution in [0, 0.1) is 0 Å². The Bertz CT molecular complexity index is 559. The molecule has 1 nitrogen and oxygen atoms in total. The molecular weight excluding hydrogens is 309 g/mol. The van der Waals surface area contributed by atoms with Gasteiger partial charge in [-0.05, 0) is 29.6 Å². The third-order valence-electron chi connectivity index (χ3n) is 3.78. The Morgan fingerprint density at radius 1 is 0.952 bits per heavy atom. The first-order chi connectivity index (χ1) is 9.40. The zero-order valence-corrected chi connectivity index (χ0v) is 15.0. The molecule has 1 aliphatic rings. The molecule has 0 fully saturated rings. The molecule has 1 atom stereocenters. The maximum Gasteiger partial charge on any atom is 0.423 e. The molecule has 0 spiro atoms. The predicted octanol–water partition coefficient (Wildman–Crippen LogP) is 4.23. The minimum absolute atomic E-state index is 0.471. The zero-order chi connectivity index (χ0) is 16.1. The Balaban J connectivity index is 2.31. The Morgan fingerprint density at radius 3 is 1.86 bits per heavy atom. The summed E-state index contributed by atoms with van der Waals surface area (Å²) < 4.78 is 46.6. The molecule has 0 heterocycles. The van der Waals surface area contributed by atoms with Crippen LogP contribution in [0.5, 0.6) is 0 Å². The smallest absolute Gasteiger partial charge is 0.393 e. The molecule has 6 heteroatoms. The van der Waals surface area contributed by atoms with Crippen LogP contribution in [-0.4, -0.2) is 28.2 Å². The number of halogens is 3. The van der Waals surface area contributed by atoms with Gasteiger partial charge in [0, 0.05) is 0 Å². The number of rotatable bonds is 4. The minimum Gasteiger partial charge on any atom is -0.393 e. The Kier molecular flexibility index (Phi) is 3.79. The van der Waals surface area contributed by atoms with Crippen LogP contribution in [0.4, 0.5) is 13.2 Å². The van der Waals surface area contributed by atoms with E-state index in [4.69, 9.17) is 4.43 Å². The van der Waals surface area contributed by atoms with Gasteiger partial charge in [-0.25, -0.2) is 0 Å². The van der Waals surface area contributed by atoms with Crippen LogP contribution in [0.1, 0.15) is 0 Å². The molecule has 0 saturated carbocycles. The fraction of sp³-hybridized carbons (Fsp3) is 0.467. The Labute approximate surface area is 126 Å². The summed E-state index contributed by atoms with van der Waals surface area (Å²) in [5.74, 6) is 0. The zero-order valence-electron chi connectivity index (χ0n) is 13.0. The quantitative estimate of drug-likeness (QED) is 0.751. The lowest BCUT2D eigenvalue weighted by Crippen LogP contribution is -2.54. The van der Waals surface area contributed by atoms with Crippen molar-refractivity contribution in [3.05, 3.63) is 41.6 Å². The van der Waals surface area contributed by atoms with Gasteiger partial charge in [0.25, 0.3) is 0 Å². The van der Waals surface area contributed by atoms with E-state index in [0.29, 0.717) is 5.20 Å². The molecule has 0 saturated heterocycles. The van der Waals surface area contributed by atoms with Gasteiger partial charge in [-0.1, -0.05) is 50.0 Å². The van der Waals surface area contributed by atoms with Gasteiger partial charge in [0.1, 0.15) is 0 Å². The fourth-order valence-corrected chi connectivity index (χ4v) is 6.87. The van der Waals surface area contributed by atoms with Crippen molar-refractivity contribution in [2.24, 2.45) is 0 Å². The van der Waals surface area contributed by atoms with Crippen LogP contribution >= 0.6 is 0 Å². The maximum atomic E-state index is 13.6. The van der Waals surface area contributed by atoms with E-state index >= 15 is 0 Å². The fourth-order valence-electron chi connectivity index (χ4n) is 2.62. The average molecular weight is 330 g/mol. The van der Waals surface area contributed by atoms with Gasteiger partial charge >= 0.3 is 6.18 Å². The van der Waals surface area contributed by atoms with E-state index in [9.17, 15) is 13.2 Å². The van der Waals surface area contributed by atoms with Gasteiger partial charge in [0.05, 0.1) is 8.07 Å². The third kappa shape index (κ3) is 3.02. The SMILES string of the molecule is C[Si](C)(C)C1=CC1(O[Si](C)(C)c1ccccc1)C(F)(F)F. The van der Waals surface area contributed by atoms with Crippen molar-refractivity contribution in [1.82, 2.24) is 0 Å². The van der Waals surface area contributed by atoms with Crippen LogP contribution in [0.2, 0.25) is 32.7 Å². The summed E-state index contributed by atoms with van der Waals surface area (Å²) in [6, 6.07) is 9.25. The van der Waals surface area contributed by atoms with Crippen molar-refractivity contribution in [3.8, 4) is 0 Å². The molecule has 0 bridgehead atoms. The van der Waals surface area contributed by atoms with E-state index in [2.05, 4.69) is 0 Å². The monoisotopic (exact) mass is 330 g/mol. The molecule has 0 aliphatic heterocycles. The van der Waals surface area contributed by atoms with Crippen LogP contribution < -0.4 is 5.19 Å². The van der Waals surface area contributed by atoms with Crippen LogP contribution in [0.3, 0.4) is 0 Å². The van der Waals surface area contributed by atoms with Crippen molar-refractivity contribution in [1.29, 1.82) is 0 Å². The molecule has 21 heavy (non-hydrogen) atoms. The molecule has 1 aromatic carbocycles. The summed E-state index contributed by atoms with van der Waals surface area (Å²) >= 11 is 0. The lowest BCUT2D eigenvalue weighted by molar-refractivity contribution is -0.201. The molecular formula is C15H21F3OSi2. The predicted molar refractivity (Wildman–Crippen MR) is 84.9 cm³/mol. The van der Waals surface area contributed by atoms with Gasteiger partial charge in [-0.2, -0.15) is 13.2 Å². The summed E-state index contributed by atoms with van der Waals surface area (Å²) in [6.07, 6.45) is -3.07. The highest BCUT2D eigenvalue weighted by molar-refractivity contribution is 6.86. The molecule has 116 valence electrons. The summed E-state index contributed by atoms with van der Waals surface area (Å²) in [5.41, 5.74) is -2.11. The lowest BCUT2D eigenvalue weighted by Gasteiger charge is -2.34. The van der Waals surface area contributed by atoms with Crippen LogP contribution in [-0.2, 0) is 4.43 Å². The van der Waals surface area contributed by atoms with E-state index in [1.165, 1.54) is 6.08 Å². The molecule has 2 rings (SSSR count). The maximum absolute atomic E-state index is 13.6. The first-order valence-corrected chi connectivity index (χ1v) is 13.4. The van der Waals surface area contributed by atoms with Gasteiger partial charge in [0.15, 0.2) is 5.60 Å². The highest BCUT2D eigenvalue weighted by atomic mass is 28.4. The van der Waals surface area contributed by atoms with Crippen LogP contribution in [0.25, 0.3) is 0 Å². The van der Waals surface area contributed by atoms with Gasteiger partial charge in [-0.15, -0.1) is 0 Å². The van der Waals surface area contributed by atoms with E-state index in [1.807, 2.05) is 63.1 Å². The Hall–Kier alpha value is -0.856. The van der Waals surface area contributed by atoms with Gasteiger partial charge < -0.3 is 4.43 Å². The van der Waals surface area contributed by atoms with E-state index in [1.54, 1.807) is 0 Å². The lowest BCUT2D eigenvalue weighted by atomic mass is 10.3. The second-order valence-electron chi connectivity index (χ2n) is 7.02. The second-order valence-corrected chi connectivity index (χ2v) is 15.9. The summed E-state index contributed by atoms with van der Waals surface area (Å²) in [7, 11) is -4.66. The molecule has 1 aliphatic carbocycles. The summed E-state index contributed by atoms with van der Waals surface area (Å²) in [6.45, 7) is 9.42. The first kappa shape index (κ1) is 16.5. The summed E-state index contributed by atoms with van der Waals surface area (Å²) in [5, 5.41) is 1.35. The normalized spacial score (nSPS) is 23.0. The second kappa shape index (κ2) is 4.82. The molecule has 0 amide bonds. The van der Waals surface area contributed by atoms with Crippen molar-refractivity contribution in [2.45, 2.75) is 44.5 Å². The van der Waals surface area contributed by atoms with Crippen molar-refractivity contribution in [2.75, 3.05) is 0 Å². The van der Waals surface area contributed by atoms with Crippen molar-refractivity contribution >= 4 is 21.6 Å². The molecule has 0 radical (unpaired) electrons. The number of hydrogen-bond donors (Lipinski definition) is 0. The third-order valence-corrected chi connectivity index (χ3v) is 8.47. The topological polar surface area (TPSA) is 9.23 Å². The number of hydrogen-bond acceptors (Lipinski definition) is 1. The van der Waals surface area contributed by atoms with E-state index in [0.717, 1.165) is 5.19 Å². The summed E-state index contributed by atoms with van der Waals surface area (Å²) in [4.78, 5) is 0. The van der Waals surface area contributed by atoms with E-state index < -0.39 is 28.2 Å². The first-order valence-electron chi connectivity index (χ1n) is 6.96. The average Bonchev–Trinajstić information content (AvgIpc) is 3.05. The molecule has 0 aromatic heterocycles. The number of benzene rings is 1. The standard InChI is InChI=1S/C15H21F3OSi2/c1-20(2,3)13-11-14(13,15(16,17)18)19-21(4,5)12-9-7-6-8-10-12/h6-11H,1-5H3. The van der Waals surface area contributed by atoms with Crippen molar-refractivity contribution < 1.29 is 17.6 Å². The van der Waals surface area contributed by atoms with E-state index in [-0.39, 0.29) is 0 Å². The van der Waals surface area contributed by atoms with Gasteiger partial charge in [0.2, 0.25) is 8.32 Å². The molecule has 0 N–H and O–H groups in total. The Morgan fingerprint density at radius 2 is 1.48 bits per heavy atom. The minimum atomic E-state index is -4.37. The van der Waals surface area contributed by atoms with Crippen LogP contribution in [0.15, 0.2) is 41.6 Å². The largest absolute Gasteiger partial charge is 0.423 e.